The molecule has 2 heterocycles. The van der Waals surface area contributed by atoms with Crippen LogP contribution >= 0.6 is 11.6 Å². The standard InChI is InChI=1S/C19H17ClFNO4/c1-3-5-10-8-13-17(23)12-9-11(20)6-7-14(12)26-18(13)22-16(10)15(21)19(24)25-4-2/h6-9,15H,3-5H2,1-2H3. The lowest BCUT2D eigenvalue weighted by molar-refractivity contribution is -0.149. The van der Waals surface area contributed by atoms with Crippen molar-refractivity contribution in [2.45, 2.75) is 32.9 Å². The fourth-order valence-corrected chi connectivity index (χ4v) is 3.00. The van der Waals surface area contributed by atoms with E-state index in [1.165, 1.54) is 6.07 Å². The van der Waals surface area contributed by atoms with Crippen LogP contribution < -0.4 is 5.43 Å². The molecule has 0 aliphatic carbocycles. The van der Waals surface area contributed by atoms with Gasteiger partial charge >= 0.3 is 5.97 Å². The van der Waals surface area contributed by atoms with Crippen LogP contribution in [0.3, 0.4) is 0 Å². The predicted molar refractivity (Wildman–Crippen MR) is 97.3 cm³/mol. The highest BCUT2D eigenvalue weighted by Crippen LogP contribution is 2.27. The van der Waals surface area contributed by atoms with Crippen LogP contribution in [0.15, 0.2) is 33.5 Å². The van der Waals surface area contributed by atoms with Gasteiger partial charge in [0.1, 0.15) is 5.58 Å². The van der Waals surface area contributed by atoms with Gasteiger partial charge in [-0.1, -0.05) is 24.9 Å². The Morgan fingerprint density at radius 1 is 1.31 bits per heavy atom. The number of hydrogen-bond donors (Lipinski definition) is 0. The van der Waals surface area contributed by atoms with E-state index in [9.17, 15) is 14.0 Å². The first-order valence-electron chi connectivity index (χ1n) is 8.32. The molecule has 1 unspecified atom stereocenters. The summed E-state index contributed by atoms with van der Waals surface area (Å²) in [5.41, 5.74) is 0.377. The minimum absolute atomic E-state index is 0.0216. The summed E-state index contributed by atoms with van der Waals surface area (Å²) in [6.45, 7) is 3.58. The fraction of sp³-hybridized carbons (Fsp3) is 0.316. The quantitative estimate of drug-likeness (QED) is 0.483. The van der Waals surface area contributed by atoms with Crippen LogP contribution in [0.1, 0.15) is 37.7 Å². The molecule has 0 saturated carbocycles. The zero-order valence-electron chi connectivity index (χ0n) is 14.3. The van der Waals surface area contributed by atoms with Crippen LogP contribution in [0.25, 0.3) is 22.1 Å². The maximum Gasteiger partial charge on any atom is 0.347 e. The van der Waals surface area contributed by atoms with Crippen LogP contribution in [-0.4, -0.2) is 17.6 Å². The maximum absolute atomic E-state index is 14.6. The molecule has 3 rings (SSSR count). The van der Waals surface area contributed by atoms with E-state index in [0.29, 0.717) is 34.4 Å². The van der Waals surface area contributed by atoms with E-state index in [0.717, 1.165) is 0 Å². The summed E-state index contributed by atoms with van der Waals surface area (Å²) in [4.78, 5) is 28.7. The number of nitrogens with zero attached hydrogens (tertiary/aromatic N) is 1. The van der Waals surface area contributed by atoms with E-state index in [2.05, 4.69) is 4.98 Å². The van der Waals surface area contributed by atoms with Crippen molar-refractivity contribution < 1.29 is 18.3 Å². The third-order valence-electron chi connectivity index (χ3n) is 3.99. The normalized spacial score (nSPS) is 12.5. The second-order valence-corrected chi connectivity index (χ2v) is 6.26. The second-order valence-electron chi connectivity index (χ2n) is 5.82. The highest BCUT2D eigenvalue weighted by Gasteiger charge is 2.27. The number of alkyl halides is 1. The van der Waals surface area contributed by atoms with Crippen LogP contribution in [0.5, 0.6) is 0 Å². The van der Waals surface area contributed by atoms with Crippen molar-refractivity contribution in [1.82, 2.24) is 4.98 Å². The first kappa shape index (κ1) is 18.3. The molecule has 0 aliphatic rings. The molecule has 0 saturated heterocycles. The molecule has 0 fully saturated rings. The van der Waals surface area contributed by atoms with Crippen molar-refractivity contribution in [3.05, 3.63) is 50.8 Å². The average molecular weight is 378 g/mol. The number of hydrogen-bond acceptors (Lipinski definition) is 5. The Bertz CT molecular complexity index is 1050. The molecular formula is C19H17ClFNO4. The number of rotatable bonds is 5. The average Bonchev–Trinajstić information content (AvgIpc) is 2.62. The van der Waals surface area contributed by atoms with Gasteiger partial charge in [0, 0.05) is 5.02 Å². The molecule has 0 aliphatic heterocycles. The van der Waals surface area contributed by atoms with Crippen LogP contribution in [0.2, 0.25) is 5.02 Å². The lowest BCUT2D eigenvalue weighted by atomic mass is 10.0. The highest BCUT2D eigenvalue weighted by atomic mass is 35.5. The van der Waals surface area contributed by atoms with E-state index in [4.69, 9.17) is 20.8 Å². The molecule has 26 heavy (non-hydrogen) atoms. The highest BCUT2D eigenvalue weighted by molar-refractivity contribution is 6.31. The summed E-state index contributed by atoms with van der Waals surface area (Å²) in [7, 11) is 0. The fourth-order valence-electron chi connectivity index (χ4n) is 2.83. The third kappa shape index (κ3) is 3.29. The Kier molecular flexibility index (Phi) is 5.23. The van der Waals surface area contributed by atoms with Gasteiger partial charge in [0.05, 0.1) is 23.1 Å². The number of aryl methyl sites for hydroxylation is 1. The van der Waals surface area contributed by atoms with Gasteiger partial charge in [-0.15, -0.1) is 0 Å². The summed E-state index contributed by atoms with van der Waals surface area (Å²) in [6.07, 6.45) is -0.877. The third-order valence-corrected chi connectivity index (χ3v) is 4.23. The minimum atomic E-state index is -2.04. The van der Waals surface area contributed by atoms with Crippen molar-refractivity contribution in [3.8, 4) is 0 Å². The van der Waals surface area contributed by atoms with E-state index in [1.54, 1.807) is 25.1 Å². The van der Waals surface area contributed by atoms with Gasteiger partial charge in [-0.05, 0) is 43.2 Å². The second kappa shape index (κ2) is 7.41. The SMILES string of the molecule is CCCc1cc2c(=O)c3cc(Cl)ccc3oc2nc1C(F)C(=O)OCC. The zero-order valence-corrected chi connectivity index (χ0v) is 15.1. The monoisotopic (exact) mass is 377 g/mol. The number of fused-ring (bicyclic) bond motifs is 2. The van der Waals surface area contributed by atoms with Gasteiger partial charge in [0.2, 0.25) is 17.3 Å². The maximum atomic E-state index is 14.6. The Morgan fingerprint density at radius 2 is 2.08 bits per heavy atom. The molecule has 5 nitrogen and oxygen atoms in total. The van der Waals surface area contributed by atoms with Crippen molar-refractivity contribution >= 4 is 39.6 Å². The van der Waals surface area contributed by atoms with Crippen LogP contribution in [0, 0.1) is 0 Å². The van der Waals surface area contributed by atoms with Gasteiger partial charge in [-0.25, -0.2) is 14.2 Å². The van der Waals surface area contributed by atoms with Gasteiger partial charge in [0.25, 0.3) is 0 Å². The van der Waals surface area contributed by atoms with Gasteiger partial charge in [-0.2, -0.15) is 0 Å². The summed E-state index contributed by atoms with van der Waals surface area (Å²) in [5.74, 6) is -1.01. The van der Waals surface area contributed by atoms with Gasteiger partial charge in [-0.3, -0.25) is 4.79 Å². The van der Waals surface area contributed by atoms with E-state index < -0.39 is 12.1 Å². The molecule has 1 aromatic carbocycles. The topological polar surface area (TPSA) is 69.4 Å². The largest absolute Gasteiger partial charge is 0.464 e. The molecule has 0 bridgehead atoms. The molecule has 136 valence electrons. The smallest absolute Gasteiger partial charge is 0.347 e. The Labute approximate surface area is 153 Å². The van der Waals surface area contributed by atoms with Gasteiger partial charge < -0.3 is 9.15 Å². The molecular weight excluding hydrogens is 361 g/mol. The van der Waals surface area contributed by atoms with Gasteiger partial charge in [0.15, 0.2) is 0 Å². The van der Waals surface area contributed by atoms with Crippen LogP contribution in [0.4, 0.5) is 4.39 Å². The molecule has 0 amide bonds. The molecule has 3 aromatic rings. The number of halogens is 2. The lowest BCUT2D eigenvalue weighted by Gasteiger charge is -2.13. The van der Waals surface area contributed by atoms with Crippen molar-refractivity contribution in [3.63, 3.8) is 0 Å². The number of benzene rings is 1. The molecule has 2 aromatic heterocycles. The first-order chi connectivity index (χ1) is 12.5. The summed E-state index contributed by atoms with van der Waals surface area (Å²) >= 11 is 5.96. The lowest BCUT2D eigenvalue weighted by Crippen LogP contribution is -2.16. The van der Waals surface area contributed by atoms with E-state index in [-0.39, 0.29) is 28.8 Å². The van der Waals surface area contributed by atoms with Crippen molar-refractivity contribution in [1.29, 1.82) is 0 Å². The Hall–Kier alpha value is -2.47. The summed E-state index contributed by atoms with van der Waals surface area (Å²) in [6, 6.07) is 6.20. The number of ether oxygens (including phenoxy) is 1. The first-order valence-corrected chi connectivity index (χ1v) is 8.70. The summed E-state index contributed by atoms with van der Waals surface area (Å²) < 4.78 is 25.0. The van der Waals surface area contributed by atoms with E-state index >= 15 is 0 Å². The molecule has 0 spiro atoms. The number of esters is 1. The zero-order chi connectivity index (χ0) is 18.8. The predicted octanol–water partition coefficient (Wildman–Crippen LogP) is 4.52. The van der Waals surface area contributed by atoms with E-state index in [1.807, 2.05) is 6.92 Å². The Balaban J connectivity index is 2.27. The minimum Gasteiger partial charge on any atom is -0.464 e. The van der Waals surface area contributed by atoms with Crippen LogP contribution in [-0.2, 0) is 16.0 Å². The number of pyridine rings is 1. The molecule has 7 heteroatoms. The number of aromatic nitrogens is 1. The molecule has 0 N–H and O–H groups in total. The Morgan fingerprint density at radius 3 is 2.77 bits per heavy atom. The number of carbonyl (C=O) groups excluding carboxylic acids is 1. The molecule has 1 atom stereocenters. The van der Waals surface area contributed by atoms with Crippen molar-refractivity contribution in [2.75, 3.05) is 6.61 Å². The number of carbonyl (C=O) groups is 1. The van der Waals surface area contributed by atoms with Crippen molar-refractivity contribution in [2.24, 2.45) is 0 Å². The summed E-state index contributed by atoms with van der Waals surface area (Å²) in [5, 5.41) is 0.959. The molecule has 0 radical (unpaired) electrons.